The SMILES string of the molecule is CC(C)N1CCN(C(=O)Cn2nc(C3CC3)ccc2=O)CC1. The summed E-state index contributed by atoms with van der Waals surface area (Å²) in [5.41, 5.74) is 0.746. The number of carbonyl (C=O) groups excluding carboxylic acids is 1. The molecule has 1 saturated heterocycles. The highest BCUT2D eigenvalue weighted by atomic mass is 16.2. The van der Waals surface area contributed by atoms with E-state index in [1.807, 2.05) is 4.90 Å². The maximum atomic E-state index is 12.4. The Morgan fingerprint density at radius 1 is 1.23 bits per heavy atom. The lowest BCUT2D eigenvalue weighted by Crippen LogP contribution is -2.51. The largest absolute Gasteiger partial charge is 0.339 e. The monoisotopic (exact) mass is 304 g/mol. The summed E-state index contributed by atoms with van der Waals surface area (Å²) in [5.74, 6) is 0.475. The van der Waals surface area contributed by atoms with Crippen molar-refractivity contribution in [2.24, 2.45) is 0 Å². The van der Waals surface area contributed by atoms with Gasteiger partial charge in [-0.3, -0.25) is 14.5 Å². The molecule has 0 N–H and O–H groups in total. The quantitative estimate of drug-likeness (QED) is 0.820. The lowest BCUT2D eigenvalue weighted by atomic mass is 10.2. The van der Waals surface area contributed by atoms with Crippen LogP contribution in [0, 0.1) is 0 Å². The molecule has 1 saturated carbocycles. The van der Waals surface area contributed by atoms with Crippen molar-refractivity contribution >= 4 is 5.91 Å². The summed E-state index contributed by atoms with van der Waals surface area (Å²) < 4.78 is 1.32. The van der Waals surface area contributed by atoms with Gasteiger partial charge in [-0.25, -0.2) is 4.68 Å². The van der Waals surface area contributed by atoms with E-state index in [0.717, 1.165) is 44.7 Å². The molecule has 0 aromatic carbocycles. The predicted octanol–water partition coefficient (Wildman–Crippen LogP) is 0.673. The Balaban J connectivity index is 1.62. The second-order valence-electron chi connectivity index (χ2n) is 6.54. The van der Waals surface area contributed by atoms with Gasteiger partial charge >= 0.3 is 0 Å². The van der Waals surface area contributed by atoms with Crippen molar-refractivity contribution in [1.29, 1.82) is 0 Å². The van der Waals surface area contributed by atoms with Crippen LogP contribution in [0.15, 0.2) is 16.9 Å². The highest BCUT2D eigenvalue weighted by molar-refractivity contribution is 5.76. The molecule has 0 spiro atoms. The van der Waals surface area contributed by atoms with Crippen LogP contribution in [0.25, 0.3) is 0 Å². The van der Waals surface area contributed by atoms with Crippen molar-refractivity contribution in [3.63, 3.8) is 0 Å². The number of hydrogen-bond donors (Lipinski definition) is 0. The fourth-order valence-electron chi connectivity index (χ4n) is 2.89. The van der Waals surface area contributed by atoms with E-state index >= 15 is 0 Å². The van der Waals surface area contributed by atoms with Crippen LogP contribution in [-0.4, -0.2) is 57.7 Å². The maximum Gasteiger partial charge on any atom is 0.267 e. The van der Waals surface area contributed by atoms with Crippen LogP contribution in [0.3, 0.4) is 0 Å². The molecule has 0 bridgehead atoms. The average Bonchev–Trinajstić information content (AvgIpc) is 3.34. The third kappa shape index (κ3) is 3.38. The molecule has 0 atom stereocenters. The van der Waals surface area contributed by atoms with Crippen molar-refractivity contribution in [2.75, 3.05) is 26.2 Å². The smallest absolute Gasteiger partial charge is 0.267 e. The average molecular weight is 304 g/mol. The lowest BCUT2D eigenvalue weighted by Gasteiger charge is -2.36. The first-order chi connectivity index (χ1) is 10.5. The van der Waals surface area contributed by atoms with E-state index in [-0.39, 0.29) is 18.0 Å². The Labute approximate surface area is 130 Å². The van der Waals surface area contributed by atoms with Gasteiger partial charge < -0.3 is 4.90 Å². The van der Waals surface area contributed by atoms with E-state index < -0.39 is 0 Å². The molecule has 6 heteroatoms. The van der Waals surface area contributed by atoms with Crippen molar-refractivity contribution in [3.05, 3.63) is 28.2 Å². The van der Waals surface area contributed by atoms with E-state index in [9.17, 15) is 9.59 Å². The van der Waals surface area contributed by atoms with Gasteiger partial charge in [0, 0.05) is 44.2 Å². The summed E-state index contributed by atoms with van der Waals surface area (Å²) in [5, 5.41) is 4.36. The molecule has 0 unspecified atom stereocenters. The molecular weight excluding hydrogens is 280 g/mol. The van der Waals surface area contributed by atoms with Crippen LogP contribution in [0.4, 0.5) is 0 Å². The van der Waals surface area contributed by atoms with Gasteiger partial charge in [0.25, 0.3) is 5.56 Å². The zero-order chi connectivity index (χ0) is 15.7. The summed E-state index contributed by atoms with van der Waals surface area (Å²) >= 11 is 0. The molecular formula is C16H24N4O2. The van der Waals surface area contributed by atoms with Crippen LogP contribution in [0.2, 0.25) is 0 Å². The predicted molar refractivity (Wildman–Crippen MR) is 83.8 cm³/mol. The fraction of sp³-hybridized carbons (Fsp3) is 0.688. The molecule has 1 aliphatic heterocycles. The van der Waals surface area contributed by atoms with Gasteiger partial charge in [0.1, 0.15) is 6.54 Å². The summed E-state index contributed by atoms with van der Waals surface area (Å²) in [6, 6.07) is 3.84. The third-order valence-electron chi connectivity index (χ3n) is 4.57. The number of hydrogen-bond acceptors (Lipinski definition) is 4. The zero-order valence-electron chi connectivity index (χ0n) is 13.4. The van der Waals surface area contributed by atoms with E-state index in [1.54, 1.807) is 6.07 Å². The highest BCUT2D eigenvalue weighted by Crippen LogP contribution is 2.38. The van der Waals surface area contributed by atoms with Crippen LogP contribution in [0.1, 0.15) is 38.3 Å². The molecule has 120 valence electrons. The number of piperazine rings is 1. The first kappa shape index (κ1) is 15.2. The molecule has 1 aliphatic carbocycles. The Morgan fingerprint density at radius 2 is 1.91 bits per heavy atom. The first-order valence-electron chi connectivity index (χ1n) is 8.14. The van der Waals surface area contributed by atoms with Gasteiger partial charge in [-0.15, -0.1) is 0 Å². The van der Waals surface area contributed by atoms with Gasteiger partial charge in [-0.05, 0) is 32.8 Å². The van der Waals surface area contributed by atoms with Gasteiger partial charge in [0.05, 0.1) is 5.69 Å². The van der Waals surface area contributed by atoms with Crippen molar-refractivity contribution in [2.45, 2.75) is 45.2 Å². The molecule has 3 rings (SSSR count). The minimum absolute atomic E-state index is 0.00838. The molecule has 1 aromatic rings. The second-order valence-corrected chi connectivity index (χ2v) is 6.54. The first-order valence-corrected chi connectivity index (χ1v) is 8.14. The topological polar surface area (TPSA) is 58.4 Å². The van der Waals surface area contributed by atoms with Crippen LogP contribution < -0.4 is 5.56 Å². The van der Waals surface area contributed by atoms with Gasteiger partial charge in [-0.1, -0.05) is 0 Å². The Bertz CT molecular complexity index is 598. The molecule has 0 radical (unpaired) electrons. The molecule has 22 heavy (non-hydrogen) atoms. The number of rotatable bonds is 4. The molecule has 2 heterocycles. The zero-order valence-corrected chi connectivity index (χ0v) is 13.4. The van der Waals surface area contributed by atoms with Crippen LogP contribution in [-0.2, 0) is 11.3 Å². The van der Waals surface area contributed by atoms with E-state index in [0.29, 0.717) is 12.0 Å². The molecule has 1 amide bonds. The van der Waals surface area contributed by atoms with Gasteiger partial charge in [0.15, 0.2) is 0 Å². The lowest BCUT2D eigenvalue weighted by molar-refractivity contribution is -0.134. The molecule has 1 aromatic heterocycles. The Kier molecular flexibility index (Phi) is 4.29. The van der Waals surface area contributed by atoms with Gasteiger partial charge in [-0.2, -0.15) is 5.10 Å². The summed E-state index contributed by atoms with van der Waals surface area (Å²) in [6.45, 7) is 7.65. The summed E-state index contributed by atoms with van der Waals surface area (Å²) in [7, 11) is 0. The highest BCUT2D eigenvalue weighted by Gasteiger charge is 2.26. The van der Waals surface area contributed by atoms with Crippen LogP contribution >= 0.6 is 0 Å². The van der Waals surface area contributed by atoms with Crippen LogP contribution in [0.5, 0.6) is 0 Å². The minimum Gasteiger partial charge on any atom is -0.339 e. The molecule has 2 fully saturated rings. The number of amides is 1. The number of carbonyl (C=O) groups is 1. The second kappa shape index (κ2) is 6.20. The Hall–Kier alpha value is -1.69. The summed E-state index contributed by atoms with van der Waals surface area (Å²) in [4.78, 5) is 28.5. The molecule has 2 aliphatic rings. The Morgan fingerprint density at radius 3 is 2.50 bits per heavy atom. The third-order valence-corrected chi connectivity index (χ3v) is 4.57. The number of nitrogens with zero attached hydrogens (tertiary/aromatic N) is 4. The van der Waals surface area contributed by atoms with Gasteiger partial charge in [0.2, 0.25) is 5.91 Å². The maximum absolute atomic E-state index is 12.4. The van der Waals surface area contributed by atoms with Crippen molar-refractivity contribution in [3.8, 4) is 0 Å². The van der Waals surface area contributed by atoms with E-state index in [2.05, 4.69) is 23.8 Å². The molecule has 6 nitrogen and oxygen atoms in total. The summed E-state index contributed by atoms with van der Waals surface area (Å²) in [6.07, 6.45) is 2.27. The fourth-order valence-corrected chi connectivity index (χ4v) is 2.89. The van der Waals surface area contributed by atoms with Crippen molar-refractivity contribution < 1.29 is 4.79 Å². The number of aromatic nitrogens is 2. The van der Waals surface area contributed by atoms with E-state index in [4.69, 9.17) is 0 Å². The van der Waals surface area contributed by atoms with E-state index in [1.165, 1.54) is 10.7 Å². The normalized spacial score (nSPS) is 19.7. The van der Waals surface area contributed by atoms with Crippen molar-refractivity contribution in [1.82, 2.24) is 19.6 Å². The minimum atomic E-state index is -0.196. The standard InChI is InChI=1S/C16H24N4O2/c1-12(2)18-7-9-19(10-8-18)16(22)11-20-15(21)6-5-14(17-20)13-3-4-13/h5-6,12-13H,3-4,7-11H2,1-2H3.